The van der Waals surface area contributed by atoms with Crippen molar-refractivity contribution in [1.82, 2.24) is 0 Å². The quantitative estimate of drug-likeness (QED) is 0.281. The van der Waals surface area contributed by atoms with Crippen LogP contribution >= 0.6 is 0 Å². The molecule has 0 saturated heterocycles. The Bertz CT molecular complexity index is 166. The van der Waals surface area contributed by atoms with Gasteiger partial charge in [0.25, 0.3) is 0 Å². The fraction of sp³-hybridized carbons (Fsp3) is 0.833. The molecule has 0 spiro atoms. The van der Waals surface area contributed by atoms with Crippen LogP contribution in [-0.2, 0) is 9.78 Å². The Morgan fingerprint density at radius 3 is 2.14 bits per heavy atom. The summed E-state index contributed by atoms with van der Waals surface area (Å²) in [5, 5.41) is 0. The molecule has 0 aliphatic heterocycles. The summed E-state index contributed by atoms with van der Waals surface area (Å²) in [5.41, 5.74) is 0.0325. The van der Waals surface area contributed by atoms with Crippen molar-refractivity contribution in [2.75, 3.05) is 6.61 Å². The van der Waals surface area contributed by atoms with Crippen LogP contribution in [0.15, 0.2) is 12.7 Å². The number of rotatable bonds is 6. The van der Waals surface area contributed by atoms with E-state index in [0.29, 0.717) is 6.61 Å². The smallest absolute Gasteiger partial charge is 0.0985 e. The molecule has 0 aromatic carbocycles. The van der Waals surface area contributed by atoms with E-state index in [0.717, 1.165) is 12.8 Å². The molecule has 0 heterocycles. The molecule has 2 heteroatoms. The SMILES string of the molecule is C=CCCOOC(C)(C)CC(C)(C)C. The molecule has 0 unspecified atom stereocenters. The summed E-state index contributed by atoms with van der Waals surface area (Å²) in [6, 6.07) is 0. The molecule has 0 rings (SSSR count). The maximum absolute atomic E-state index is 5.36. The number of hydrogen-bond acceptors (Lipinski definition) is 2. The van der Waals surface area contributed by atoms with Crippen LogP contribution in [0.2, 0.25) is 0 Å². The van der Waals surface area contributed by atoms with Crippen LogP contribution in [0, 0.1) is 5.41 Å². The van der Waals surface area contributed by atoms with Gasteiger partial charge in [-0.05, 0) is 32.1 Å². The van der Waals surface area contributed by atoms with E-state index in [-0.39, 0.29) is 11.0 Å². The van der Waals surface area contributed by atoms with Crippen molar-refractivity contribution in [3.8, 4) is 0 Å². The zero-order chi connectivity index (χ0) is 11.2. The maximum Gasteiger partial charge on any atom is 0.0985 e. The van der Waals surface area contributed by atoms with E-state index in [1.54, 1.807) is 0 Å². The summed E-state index contributed by atoms with van der Waals surface area (Å²) >= 11 is 0. The average molecular weight is 200 g/mol. The highest BCUT2D eigenvalue weighted by atomic mass is 17.2. The lowest BCUT2D eigenvalue weighted by Crippen LogP contribution is -2.30. The third-order valence-corrected chi connectivity index (χ3v) is 1.65. The second-order valence-electron chi connectivity index (χ2n) is 5.48. The van der Waals surface area contributed by atoms with Crippen LogP contribution in [0.1, 0.15) is 47.5 Å². The minimum atomic E-state index is -0.223. The molecule has 0 aliphatic carbocycles. The van der Waals surface area contributed by atoms with Crippen molar-refractivity contribution in [1.29, 1.82) is 0 Å². The number of hydrogen-bond donors (Lipinski definition) is 0. The Labute approximate surface area is 88.2 Å². The highest BCUT2D eigenvalue weighted by molar-refractivity contribution is 4.75. The minimum Gasteiger partial charge on any atom is -0.236 e. The van der Waals surface area contributed by atoms with Gasteiger partial charge in [-0.1, -0.05) is 26.8 Å². The molecular formula is C12H24O2. The largest absolute Gasteiger partial charge is 0.236 e. The van der Waals surface area contributed by atoms with E-state index in [4.69, 9.17) is 9.78 Å². The molecule has 0 saturated carbocycles. The van der Waals surface area contributed by atoms with Gasteiger partial charge in [0.05, 0.1) is 12.2 Å². The second kappa shape index (κ2) is 5.52. The van der Waals surface area contributed by atoms with Gasteiger partial charge in [-0.15, -0.1) is 6.58 Å². The van der Waals surface area contributed by atoms with Gasteiger partial charge in [0.1, 0.15) is 0 Å². The molecule has 0 bridgehead atoms. The molecule has 0 aromatic heterocycles. The zero-order valence-electron chi connectivity index (χ0n) is 10.2. The Hall–Kier alpha value is -0.340. The van der Waals surface area contributed by atoms with Crippen molar-refractivity contribution in [3.63, 3.8) is 0 Å². The van der Waals surface area contributed by atoms with Crippen LogP contribution in [0.4, 0.5) is 0 Å². The van der Waals surface area contributed by atoms with Gasteiger partial charge in [0, 0.05) is 0 Å². The summed E-state index contributed by atoms with van der Waals surface area (Å²) in [6.45, 7) is 14.9. The van der Waals surface area contributed by atoms with Gasteiger partial charge in [-0.3, -0.25) is 0 Å². The van der Waals surface area contributed by atoms with Crippen LogP contribution in [0.25, 0.3) is 0 Å². The minimum absolute atomic E-state index is 0.223. The maximum atomic E-state index is 5.36. The Balaban J connectivity index is 3.77. The lowest BCUT2D eigenvalue weighted by atomic mass is 9.84. The van der Waals surface area contributed by atoms with Crippen molar-refractivity contribution in [2.24, 2.45) is 5.41 Å². The molecule has 0 atom stereocenters. The molecule has 0 amide bonds. The highest BCUT2D eigenvalue weighted by Crippen LogP contribution is 2.29. The molecule has 0 radical (unpaired) electrons. The Morgan fingerprint density at radius 1 is 1.14 bits per heavy atom. The summed E-state index contributed by atoms with van der Waals surface area (Å²) in [5.74, 6) is 0. The highest BCUT2D eigenvalue weighted by Gasteiger charge is 2.27. The van der Waals surface area contributed by atoms with Gasteiger partial charge in [-0.2, -0.15) is 0 Å². The molecular weight excluding hydrogens is 176 g/mol. The van der Waals surface area contributed by atoms with Crippen LogP contribution in [-0.4, -0.2) is 12.2 Å². The van der Waals surface area contributed by atoms with Crippen molar-refractivity contribution < 1.29 is 9.78 Å². The fourth-order valence-electron chi connectivity index (χ4n) is 1.64. The fourth-order valence-corrected chi connectivity index (χ4v) is 1.64. The first-order valence-electron chi connectivity index (χ1n) is 5.18. The summed E-state index contributed by atoms with van der Waals surface area (Å²) in [4.78, 5) is 10.5. The van der Waals surface area contributed by atoms with Crippen molar-refractivity contribution >= 4 is 0 Å². The van der Waals surface area contributed by atoms with Crippen molar-refractivity contribution in [3.05, 3.63) is 12.7 Å². The normalized spacial score (nSPS) is 12.9. The second-order valence-corrected chi connectivity index (χ2v) is 5.48. The van der Waals surface area contributed by atoms with Gasteiger partial charge < -0.3 is 0 Å². The Morgan fingerprint density at radius 2 is 1.71 bits per heavy atom. The molecule has 84 valence electrons. The Kier molecular flexibility index (Phi) is 5.38. The van der Waals surface area contributed by atoms with Gasteiger partial charge in [0.15, 0.2) is 0 Å². The third kappa shape index (κ3) is 8.27. The van der Waals surface area contributed by atoms with Crippen LogP contribution in [0.5, 0.6) is 0 Å². The van der Waals surface area contributed by atoms with E-state index in [1.165, 1.54) is 0 Å². The first-order chi connectivity index (χ1) is 6.27. The zero-order valence-corrected chi connectivity index (χ0v) is 10.2. The van der Waals surface area contributed by atoms with E-state index in [1.807, 2.05) is 19.9 Å². The van der Waals surface area contributed by atoms with Gasteiger partial charge in [-0.25, -0.2) is 9.78 Å². The molecule has 2 nitrogen and oxygen atoms in total. The molecule has 0 aliphatic rings. The third-order valence-electron chi connectivity index (χ3n) is 1.65. The summed E-state index contributed by atoms with van der Waals surface area (Å²) in [7, 11) is 0. The molecule has 0 aromatic rings. The topological polar surface area (TPSA) is 18.5 Å². The first kappa shape index (κ1) is 13.7. The average Bonchev–Trinajstić information content (AvgIpc) is 1.93. The predicted molar refractivity (Wildman–Crippen MR) is 60.0 cm³/mol. The first-order valence-corrected chi connectivity index (χ1v) is 5.18. The monoisotopic (exact) mass is 200 g/mol. The van der Waals surface area contributed by atoms with Gasteiger partial charge in [0.2, 0.25) is 0 Å². The van der Waals surface area contributed by atoms with Crippen molar-refractivity contribution in [2.45, 2.75) is 53.1 Å². The van der Waals surface area contributed by atoms with Crippen LogP contribution in [0.3, 0.4) is 0 Å². The van der Waals surface area contributed by atoms with E-state index in [9.17, 15) is 0 Å². The molecule has 0 fully saturated rings. The van der Waals surface area contributed by atoms with Gasteiger partial charge >= 0.3 is 0 Å². The molecule has 14 heavy (non-hydrogen) atoms. The standard InChI is InChI=1S/C12H24O2/c1-7-8-9-13-14-12(5,6)10-11(2,3)4/h7H,1,8-10H2,2-6H3. The van der Waals surface area contributed by atoms with E-state index in [2.05, 4.69) is 27.4 Å². The van der Waals surface area contributed by atoms with E-state index < -0.39 is 0 Å². The van der Waals surface area contributed by atoms with E-state index >= 15 is 0 Å². The molecule has 0 N–H and O–H groups in total. The summed E-state index contributed by atoms with van der Waals surface area (Å²) in [6.07, 6.45) is 3.61. The predicted octanol–water partition coefficient (Wildman–Crippen LogP) is 3.73. The van der Waals surface area contributed by atoms with Crippen LogP contribution < -0.4 is 0 Å². The lowest BCUT2D eigenvalue weighted by Gasteiger charge is -2.30. The lowest BCUT2D eigenvalue weighted by molar-refractivity contribution is -0.356. The summed E-state index contributed by atoms with van der Waals surface area (Å²) < 4.78 is 0.